The van der Waals surface area contributed by atoms with Crippen molar-refractivity contribution in [1.82, 2.24) is 0 Å². The summed E-state index contributed by atoms with van der Waals surface area (Å²) < 4.78 is 14.5. The first-order valence-corrected chi connectivity index (χ1v) is 21.9. The van der Waals surface area contributed by atoms with E-state index in [0.29, 0.717) is 11.8 Å². The van der Waals surface area contributed by atoms with E-state index in [9.17, 15) is 25.2 Å². The summed E-state index contributed by atoms with van der Waals surface area (Å²) in [6.07, 6.45) is 0.682. The second kappa shape index (κ2) is 29.8. The van der Waals surface area contributed by atoms with Crippen LogP contribution in [0.15, 0.2) is 121 Å². The molecule has 0 heterocycles. The Labute approximate surface area is 412 Å². The van der Waals surface area contributed by atoms with Crippen LogP contribution in [-0.4, -0.2) is 83.0 Å². The van der Waals surface area contributed by atoms with E-state index in [0.717, 1.165) is 34.8 Å². The average Bonchev–Trinajstić information content (AvgIpc) is 3.27. The van der Waals surface area contributed by atoms with Gasteiger partial charge in [0.15, 0.2) is 28.7 Å². The van der Waals surface area contributed by atoms with Crippen LogP contribution in [-0.2, 0) is 15.6 Å². The highest BCUT2D eigenvalue weighted by Crippen LogP contribution is 2.37. The first-order chi connectivity index (χ1) is 32.3. The molecule has 0 amide bonds. The third-order valence-electron chi connectivity index (χ3n) is 8.35. The smallest absolute Gasteiger partial charge is 0.338 e. The monoisotopic (exact) mass is 975 g/mol. The molecule has 0 aliphatic heterocycles. The van der Waals surface area contributed by atoms with Crippen molar-refractivity contribution in [2.24, 2.45) is 5.41 Å². The number of hydrogen-bond acceptors (Lipinski definition) is 15. The first kappa shape index (κ1) is 62.2. The second-order valence-corrected chi connectivity index (χ2v) is 18.8. The minimum atomic E-state index is -0.651. The van der Waals surface area contributed by atoms with Crippen molar-refractivity contribution >= 4 is 5.97 Å². The molecule has 0 saturated heterocycles. The Morgan fingerprint density at radius 3 is 1.10 bits per heavy atom. The van der Waals surface area contributed by atoms with Crippen molar-refractivity contribution in [3.63, 3.8) is 0 Å². The second-order valence-electron chi connectivity index (χ2n) is 18.8. The van der Waals surface area contributed by atoms with Gasteiger partial charge in [-0.2, -0.15) is 0 Å². The van der Waals surface area contributed by atoms with Crippen molar-refractivity contribution in [2.45, 2.75) is 93.4 Å². The number of aromatic hydroxyl groups is 11. The fourth-order valence-corrected chi connectivity index (χ4v) is 4.88. The predicted octanol–water partition coefficient (Wildman–Crippen LogP) is 12.1. The van der Waals surface area contributed by atoms with Gasteiger partial charge in [0.25, 0.3) is 0 Å². The molecule has 0 aliphatic carbocycles. The Kier molecular flexibility index (Phi) is 26.5. The van der Waals surface area contributed by atoms with Gasteiger partial charge in [0.05, 0.1) is 26.4 Å². The maximum atomic E-state index is 11.3. The molecule has 15 heteroatoms. The van der Waals surface area contributed by atoms with E-state index in [4.69, 9.17) is 50.0 Å². The van der Waals surface area contributed by atoms with Gasteiger partial charge in [-0.1, -0.05) is 88.3 Å². The summed E-state index contributed by atoms with van der Waals surface area (Å²) in [5, 5.41) is 99.5. The van der Waals surface area contributed by atoms with Crippen LogP contribution in [0.2, 0.25) is 0 Å². The van der Waals surface area contributed by atoms with Crippen LogP contribution in [0.4, 0.5) is 0 Å². The summed E-state index contributed by atoms with van der Waals surface area (Å²) in [6, 6.07) is 30.5. The number of rotatable bonds is 5. The van der Waals surface area contributed by atoms with E-state index in [1.165, 1.54) is 42.5 Å². The lowest BCUT2D eigenvalue weighted by molar-refractivity contribution is 0.0504. The number of hydrogen-bond donors (Lipinski definition) is 11. The van der Waals surface area contributed by atoms with Crippen LogP contribution in [0.1, 0.15) is 104 Å². The van der Waals surface area contributed by atoms with E-state index in [2.05, 4.69) is 27.7 Å². The molecule has 0 fully saturated rings. The molecule has 0 spiro atoms. The number of methoxy groups -OCH3 is 2. The molecule has 0 aromatic heterocycles. The van der Waals surface area contributed by atoms with Gasteiger partial charge in [0.2, 0.25) is 0 Å². The zero-order valence-corrected chi connectivity index (χ0v) is 42.5. The van der Waals surface area contributed by atoms with Gasteiger partial charge in [0.1, 0.15) is 46.0 Å². The van der Waals surface area contributed by atoms with E-state index >= 15 is 0 Å². The molecule has 0 atom stereocenters. The maximum absolute atomic E-state index is 11.3. The van der Waals surface area contributed by atoms with Gasteiger partial charge in [-0.15, -0.1) is 0 Å². The van der Waals surface area contributed by atoms with Gasteiger partial charge in [-0.25, -0.2) is 4.79 Å². The van der Waals surface area contributed by atoms with Gasteiger partial charge in [0, 0.05) is 11.1 Å². The molecule has 6 aromatic carbocycles. The highest BCUT2D eigenvalue weighted by atomic mass is 16.5. The van der Waals surface area contributed by atoms with E-state index in [1.807, 2.05) is 54.5 Å². The summed E-state index contributed by atoms with van der Waals surface area (Å²) in [4.78, 5) is 11.3. The molecular weight excluding hydrogens is 901 g/mol. The van der Waals surface area contributed by atoms with E-state index in [-0.39, 0.29) is 69.0 Å². The van der Waals surface area contributed by atoms with Gasteiger partial charge >= 0.3 is 5.97 Å². The van der Waals surface area contributed by atoms with Crippen LogP contribution in [0.5, 0.6) is 74.7 Å². The quantitative estimate of drug-likeness (QED) is 0.0436. The number of carbonyl (C=O) groups excluding carboxylic acids is 1. The third kappa shape index (κ3) is 26.5. The van der Waals surface area contributed by atoms with Gasteiger partial charge in [-0.05, 0) is 132 Å². The fraction of sp³-hybridized carbons (Fsp3) is 0.327. The molecule has 11 N–H and O–H groups in total. The molecule has 15 nitrogen and oxygen atoms in total. The lowest BCUT2D eigenvalue weighted by atomic mass is 9.86. The highest BCUT2D eigenvalue weighted by Gasteiger charge is 2.20. The number of carbonyl (C=O) groups is 1. The molecule has 0 aliphatic rings. The average molecular weight is 975 g/mol. The summed E-state index contributed by atoms with van der Waals surface area (Å²) in [6.45, 7) is 22.8. The Balaban J connectivity index is 0.000000809. The maximum Gasteiger partial charge on any atom is 0.338 e. The minimum Gasteiger partial charge on any atom is -0.508 e. The Morgan fingerprint density at radius 2 is 0.786 bits per heavy atom. The van der Waals surface area contributed by atoms with E-state index in [1.54, 1.807) is 74.9 Å². The standard InChI is InChI=1S/C10H12O5.2C10H14O2.2C7H8O2.C6H6O2.C5H12/c1-2-3-15-10(14)6-4-7(11)9(13)8(12)5-6;1-10(2,3)8-6-7(11)4-5-9(8)12;1-10(2,3)7-5-4-6-8(11)9(7)12;2*1-9-7-4-2-6(8)3-5-7;7-5-1-2-6(8)4-3-5;1-5(2,3)4/h4-5,11-13H,2-3H2,1H3;2*4-6,11-12H,1-3H3;2*2-5,8H,1H3;1-4,7-8H;1-4H3. The van der Waals surface area contributed by atoms with Crippen LogP contribution in [0, 0.1) is 5.41 Å². The van der Waals surface area contributed by atoms with Crippen molar-refractivity contribution in [2.75, 3.05) is 20.8 Å². The zero-order chi connectivity index (χ0) is 54.0. The summed E-state index contributed by atoms with van der Waals surface area (Å²) in [5.41, 5.74) is 1.76. The van der Waals surface area contributed by atoms with Crippen molar-refractivity contribution < 1.29 is 75.2 Å². The van der Waals surface area contributed by atoms with Crippen LogP contribution >= 0.6 is 0 Å². The van der Waals surface area contributed by atoms with Crippen LogP contribution in [0.3, 0.4) is 0 Å². The molecule has 6 rings (SSSR count). The molecule has 0 radical (unpaired) electrons. The number of phenolic OH excluding ortho intramolecular Hbond substituents is 11. The molecule has 6 aromatic rings. The van der Waals surface area contributed by atoms with Crippen molar-refractivity contribution in [3.05, 3.63) is 138 Å². The molecule has 384 valence electrons. The molecule has 0 saturated carbocycles. The van der Waals surface area contributed by atoms with Crippen LogP contribution in [0.25, 0.3) is 0 Å². The minimum absolute atomic E-state index is 0.00347. The normalized spacial score (nSPS) is 10.3. The summed E-state index contributed by atoms with van der Waals surface area (Å²) >= 11 is 0. The Hall–Kier alpha value is -7.81. The molecular formula is C55H74O15. The zero-order valence-electron chi connectivity index (χ0n) is 42.5. The Morgan fingerprint density at radius 1 is 0.429 bits per heavy atom. The number of ether oxygens (including phenoxy) is 3. The predicted molar refractivity (Wildman–Crippen MR) is 273 cm³/mol. The summed E-state index contributed by atoms with van der Waals surface area (Å²) in [5.74, 6) is 0.324. The number of phenols is 11. The lowest BCUT2D eigenvalue weighted by Gasteiger charge is -2.20. The van der Waals surface area contributed by atoms with Crippen molar-refractivity contribution in [1.29, 1.82) is 0 Å². The third-order valence-corrected chi connectivity index (χ3v) is 8.35. The van der Waals surface area contributed by atoms with E-state index < -0.39 is 23.2 Å². The number of benzene rings is 6. The molecule has 70 heavy (non-hydrogen) atoms. The molecule has 0 bridgehead atoms. The summed E-state index contributed by atoms with van der Waals surface area (Å²) in [7, 11) is 3.18. The highest BCUT2D eigenvalue weighted by molar-refractivity contribution is 5.91. The largest absolute Gasteiger partial charge is 0.508 e. The number of para-hydroxylation sites is 1. The van der Waals surface area contributed by atoms with Crippen LogP contribution < -0.4 is 9.47 Å². The first-order valence-electron chi connectivity index (χ1n) is 21.9. The topological polar surface area (TPSA) is 267 Å². The Bertz CT molecular complexity index is 2300. The number of esters is 1. The fourth-order valence-electron chi connectivity index (χ4n) is 4.88. The SMILES string of the molecule is CC(C)(C)C.CC(C)(C)c1cc(O)ccc1O.CC(C)(C)c1cccc(O)c1O.CCCOC(=O)c1cc(O)c(O)c(O)c1.COc1ccc(O)cc1.COc1ccc(O)cc1.Oc1ccc(O)cc1. The van der Waals surface area contributed by atoms with Gasteiger partial charge in [-0.3, -0.25) is 0 Å². The molecule has 0 unspecified atom stereocenters. The van der Waals surface area contributed by atoms with Crippen molar-refractivity contribution in [3.8, 4) is 74.7 Å². The van der Waals surface area contributed by atoms with Gasteiger partial charge < -0.3 is 70.4 Å². The lowest BCUT2D eigenvalue weighted by Crippen LogP contribution is -2.10.